The molecule has 0 amide bonds. The highest BCUT2D eigenvalue weighted by atomic mass is 79.9. The van der Waals surface area contributed by atoms with Crippen molar-refractivity contribution < 1.29 is 0 Å². The van der Waals surface area contributed by atoms with Crippen LogP contribution in [0.5, 0.6) is 0 Å². The third-order valence-corrected chi connectivity index (χ3v) is 2.99. The zero-order valence-corrected chi connectivity index (χ0v) is 8.26. The summed E-state index contributed by atoms with van der Waals surface area (Å²) in [5.74, 6) is 0. The molecule has 0 aliphatic heterocycles. The van der Waals surface area contributed by atoms with Crippen molar-refractivity contribution >= 4 is 21.6 Å². The van der Waals surface area contributed by atoms with E-state index < -0.39 is 0 Å². The summed E-state index contributed by atoms with van der Waals surface area (Å²) in [6.45, 7) is 0. The fraction of sp³-hybridized carbons (Fsp3) is 0.333. The van der Waals surface area contributed by atoms with Crippen LogP contribution in [0, 0.1) is 0 Å². The number of nitrogen functional groups attached to an aromatic ring is 1. The first kappa shape index (κ1) is 8.08. The molecule has 4 N–H and O–H groups in total. The van der Waals surface area contributed by atoms with E-state index in [1.807, 2.05) is 12.1 Å². The maximum absolute atomic E-state index is 5.93. The van der Waals surface area contributed by atoms with Crippen LogP contribution >= 0.6 is 15.9 Å². The van der Waals surface area contributed by atoms with Crippen LogP contribution in [0.1, 0.15) is 23.6 Å². The van der Waals surface area contributed by atoms with E-state index in [0.29, 0.717) is 0 Å². The van der Waals surface area contributed by atoms with Gasteiger partial charge in [-0.25, -0.2) is 0 Å². The molecule has 0 unspecified atom stereocenters. The molecule has 3 heteroatoms. The highest BCUT2D eigenvalue weighted by Gasteiger charge is 2.21. The number of anilines is 1. The Hall–Kier alpha value is -0.540. The summed E-state index contributed by atoms with van der Waals surface area (Å²) in [6, 6.07) is 4.13. The lowest BCUT2D eigenvalue weighted by atomic mass is 10.1. The summed E-state index contributed by atoms with van der Waals surface area (Å²) in [6.07, 6.45) is 2.09. The topological polar surface area (TPSA) is 52.0 Å². The molecule has 0 saturated heterocycles. The summed E-state index contributed by atoms with van der Waals surface area (Å²) in [4.78, 5) is 0. The van der Waals surface area contributed by atoms with Crippen LogP contribution < -0.4 is 11.5 Å². The minimum Gasteiger partial charge on any atom is -0.399 e. The lowest BCUT2D eigenvalue weighted by Crippen LogP contribution is -2.06. The molecule has 1 aliphatic carbocycles. The second kappa shape index (κ2) is 2.75. The van der Waals surface area contributed by atoms with E-state index in [9.17, 15) is 0 Å². The van der Waals surface area contributed by atoms with Crippen molar-refractivity contribution in [3.8, 4) is 0 Å². The molecule has 2 rings (SSSR count). The summed E-state index contributed by atoms with van der Waals surface area (Å²) in [5.41, 5.74) is 15.0. The van der Waals surface area contributed by atoms with E-state index in [2.05, 4.69) is 15.9 Å². The smallest absolute Gasteiger partial charge is 0.0328 e. The molecule has 0 aromatic heterocycles. The van der Waals surface area contributed by atoms with Gasteiger partial charge in [-0.3, -0.25) is 0 Å². The second-order valence-corrected chi connectivity index (χ2v) is 4.08. The van der Waals surface area contributed by atoms with Crippen LogP contribution in [-0.4, -0.2) is 0 Å². The van der Waals surface area contributed by atoms with Gasteiger partial charge in [-0.2, -0.15) is 0 Å². The van der Waals surface area contributed by atoms with Gasteiger partial charge in [-0.05, 0) is 36.1 Å². The van der Waals surface area contributed by atoms with Crippen LogP contribution in [0.4, 0.5) is 5.69 Å². The number of rotatable bonds is 0. The van der Waals surface area contributed by atoms with Crippen molar-refractivity contribution in [2.45, 2.75) is 18.9 Å². The normalized spacial score (nSPS) is 21.0. The fourth-order valence-electron chi connectivity index (χ4n) is 1.78. The Bertz CT molecular complexity index is 323. The highest BCUT2D eigenvalue weighted by molar-refractivity contribution is 9.10. The van der Waals surface area contributed by atoms with Crippen LogP contribution in [-0.2, 0) is 6.42 Å². The Balaban J connectivity index is 2.60. The highest BCUT2D eigenvalue weighted by Crippen LogP contribution is 2.36. The van der Waals surface area contributed by atoms with Crippen molar-refractivity contribution in [2.24, 2.45) is 5.73 Å². The molecule has 12 heavy (non-hydrogen) atoms. The standard InChI is InChI=1S/C9H11BrN2/c10-7-4-6(11)3-5-1-2-8(12)9(5)7/h3-4,8H,1-2,11-12H2/t8-/m1/s1. The molecule has 1 aromatic carbocycles. The van der Waals surface area contributed by atoms with Crippen molar-refractivity contribution in [3.63, 3.8) is 0 Å². The van der Waals surface area contributed by atoms with Gasteiger partial charge >= 0.3 is 0 Å². The van der Waals surface area contributed by atoms with E-state index >= 15 is 0 Å². The average Bonchev–Trinajstić information content (AvgIpc) is 2.31. The summed E-state index contributed by atoms with van der Waals surface area (Å²) < 4.78 is 1.06. The molecule has 2 nitrogen and oxygen atoms in total. The second-order valence-electron chi connectivity index (χ2n) is 3.22. The lowest BCUT2D eigenvalue weighted by molar-refractivity contribution is 0.711. The predicted octanol–water partition coefficient (Wildman–Crippen LogP) is 1.98. The van der Waals surface area contributed by atoms with Gasteiger partial charge < -0.3 is 11.5 Å². The van der Waals surface area contributed by atoms with Gasteiger partial charge in [0.1, 0.15) is 0 Å². The van der Waals surface area contributed by atoms with E-state index in [1.54, 1.807) is 0 Å². The van der Waals surface area contributed by atoms with E-state index in [0.717, 1.165) is 23.0 Å². The molecule has 0 radical (unpaired) electrons. The molecule has 1 aliphatic rings. The molecule has 1 aromatic rings. The maximum atomic E-state index is 5.93. The van der Waals surface area contributed by atoms with Crippen molar-refractivity contribution in [1.29, 1.82) is 0 Å². The Morgan fingerprint density at radius 3 is 2.92 bits per heavy atom. The van der Waals surface area contributed by atoms with Crippen LogP contribution in [0.15, 0.2) is 16.6 Å². The van der Waals surface area contributed by atoms with Gasteiger partial charge in [-0.1, -0.05) is 15.9 Å². The summed E-state index contributed by atoms with van der Waals surface area (Å²) in [5, 5.41) is 0. The van der Waals surface area contributed by atoms with Crippen molar-refractivity contribution in [2.75, 3.05) is 5.73 Å². The maximum Gasteiger partial charge on any atom is 0.0328 e. The fourth-order valence-corrected chi connectivity index (χ4v) is 2.59. The van der Waals surface area contributed by atoms with E-state index in [4.69, 9.17) is 11.5 Å². The molecular weight excluding hydrogens is 216 g/mol. The first-order valence-electron chi connectivity index (χ1n) is 4.02. The minimum absolute atomic E-state index is 0.190. The minimum atomic E-state index is 0.190. The Kier molecular flexibility index (Phi) is 1.85. The van der Waals surface area contributed by atoms with Gasteiger partial charge in [0.25, 0.3) is 0 Å². The Morgan fingerprint density at radius 2 is 2.17 bits per heavy atom. The number of fused-ring (bicyclic) bond motifs is 1. The molecule has 0 saturated carbocycles. The SMILES string of the molecule is Nc1cc(Br)c2c(c1)CC[C@H]2N. The van der Waals surface area contributed by atoms with Crippen molar-refractivity contribution in [3.05, 3.63) is 27.7 Å². The number of nitrogens with two attached hydrogens (primary N) is 2. The molecular formula is C9H11BrN2. The zero-order chi connectivity index (χ0) is 8.72. The lowest BCUT2D eigenvalue weighted by Gasteiger charge is -2.08. The quantitative estimate of drug-likeness (QED) is 0.666. The summed E-state index contributed by atoms with van der Waals surface area (Å²) in [7, 11) is 0. The number of hydrogen-bond acceptors (Lipinski definition) is 2. The molecule has 0 fully saturated rings. The number of halogens is 1. The van der Waals surface area contributed by atoms with Crippen LogP contribution in [0.2, 0.25) is 0 Å². The molecule has 0 bridgehead atoms. The van der Waals surface area contributed by atoms with Gasteiger partial charge in [0.15, 0.2) is 0 Å². The third-order valence-electron chi connectivity index (χ3n) is 2.33. The van der Waals surface area contributed by atoms with E-state index in [1.165, 1.54) is 11.1 Å². The zero-order valence-electron chi connectivity index (χ0n) is 6.68. The first-order valence-corrected chi connectivity index (χ1v) is 4.81. The third kappa shape index (κ3) is 1.13. The van der Waals surface area contributed by atoms with Gasteiger partial charge in [0, 0.05) is 16.2 Å². The molecule has 0 spiro atoms. The molecule has 64 valence electrons. The van der Waals surface area contributed by atoms with Gasteiger partial charge in [0.05, 0.1) is 0 Å². The van der Waals surface area contributed by atoms with Crippen LogP contribution in [0.25, 0.3) is 0 Å². The monoisotopic (exact) mass is 226 g/mol. The summed E-state index contributed by atoms with van der Waals surface area (Å²) >= 11 is 3.48. The first-order chi connectivity index (χ1) is 5.68. The Morgan fingerprint density at radius 1 is 1.42 bits per heavy atom. The Labute approximate surface area is 80.1 Å². The average molecular weight is 227 g/mol. The molecule has 0 heterocycles. The van der Waals surface area contributed by atoms with Crippen LogP contribution in [0.3, 0.4) is 0 Å². The molecule has 1 atom stereocenters. The largest absolute Gasteiger partial charge is 0.399 e. The predicted molar refractivity (Wildman–Crippen MR) is 53.8 cm³/mol. The van der Waals surface area contributed by atoms with Gasteiger partial charge in [-0.15, -0.1) is 0 Å². The number of hydrogen-bond donors (Lipinski definition) is 2. The number of aryl methyl sites for hydroxylation is 1. The van der Waals surface area contributed by atoms with Crippen molar-refractivity contribution in [1.82, 2.24) is 0 Å². The number of benzene rings is 1. The van der Waals surface area contributed by atoms with E-state index in [-0.39, 0.29) is 6.04 Å². The van der Waals surface area contributed by atoms with Gasteiger partial charge in [0.2, 0.25) is 0 Å².